The van der Waals surface area contributed by atoms with Crippen molar-refractivity contribution in [2.75, 3.05) is 19.6 Å². The van der Waals surface area contributed by atoms with Crippen LogP contribution in [0.15, 0.2) is 30.5 Å². The van der Waals surface area contributed by atoms with Crippen molar-refractivity contribution in [3.8, 4) is 0 Å². The number of halogens is 1. The van der Waals surface area contributed by atoms with Crippen LogP contribution < -0.4 is 5.32 Å². The average Bonchev–Trinajstić information content (AvgIpc) is 3.16. The Bertz CT molecular complexity index is 726. The second-order valence-corrected chi connectivity index (χ2v) is 7.24. The Balaban J connectivity index is 1.42. The number of benzene rings is 1. The van der Waals surface area contributed by atoms with E-state index in [2.05, 4.69) is 21.5 Å². The zero-order chi connectivity index (χ0) is 17.8. The Hall–Kier alpha value is -1.85. The van der Waals surface area contributed by atoms with Gasteiger partial charge < -0.3 is 5.32 Å². The van der Waals surface area contributed by atoms with Gasteiger partial charge in [-0.05, 0) is 44.0 Å². The first-order valence-electron chi connectivity index (χ1n) is 8.75. The highest BCUT2D eigenvalue weighted by atomic mass is 35.5. The lowest BCUT2D eigenvalue weighted by molar-refractivity contribution is -0.124. The molecule has 1 aromatic carbocycles. The van der Waals surface area contributed by atoms with Crippen molar-refractivity contribution in [3.05, 3.63) is 52.3 Å². The van der Waals surface area contributed by atoms with E-state index in [1.807, 2.05) is 42.9 Å². The summed E-state index contributed by atoms with van der Waals surface area (Å²) in [5.41, 5.74) is 3.49. The molecule has 1 unspecified atom stereocenters. The van der Waals surface area contributed by atoms with Crippen LogP contribution in [0.5, 0.6) is 0 Å². The number of rotatable bonds is 6. The van der Waals surface area contributed by atoms with Gasteiger partial charge >= 0.3 is 0 Å². The van der Waals surface area contributed by atoms with Gasteiger partial charge in [-0.1, -0.05) is 23.7 Å². The van der Waals surface area contributed by atoms with Crippen molar-refractivity contribution in [2.24, 2.45) is 13.0 Å². The zero-order valence-corrected chi connectivity index (χ0v) is 15.6. The predicted octanol–water partition coefficient (Wildman–Crippen LogP) is 2.56. The quantitative estimate of drug-likeness (QED) is 0.861. The van der Waals surface area contributed by atoms with Gasteiger partial charge in [-0.2, -0.15) is 5.10 Å². The molecule has 1 aliphatic rings. The molecule has 1 atom stereocenters. The zero-order valence-electron chi connectivity index (χ0n) is 14.8. The number of likely N-dealkylation sites (tertiary alicyclic amines) is 1. The number of carbonyl (C=O) groups is 1. The van der Waals surface area contributed by atoms with E-state index in [9.17, 15) is 4.79 Å². The van der Waals surface area contributed by atoms with Crippen LogP contribution in [0.4, 0.5) is 0 Å². The summed E-state index contributed by atoms with van der Waals surface area (Å²) < 4.78 is 1.85. The first-order valence-corrected chi connectivity index (χ1v) is 9.12. The van der Waals surface area contributed by atoms with E-state index in [-0.39, 0.29) is 11.8 Å². The van der Waals surface area contributed by atoms with Crippen molar-refractivity contribution in [3.63, 3.8) is 0 Å². The van der Waals surface area contributed by atoms with Crippen LogP contribution in [0, 0.1) is 12.8 Å². The molecule has 2 aromatic rings. The number of aryl methyl sites for hydroxylation is 2. The molecule has 1 N–H and O–H groups in total. The van der Waals surface area contributed by atoms with E-state index < -0.39 is 0 Å². The van der Waals surface area contributed by atoms with Gasteiger partial charge in [0.1, 0.15) is 0 Å². The summed E-state index contributed by atoms with van der Waals surface area (Å²) in [6.07, 6.45) is 3.81. The summed E-state index contributed by atoms with van der Waals surface area (Å²) in [5.74, 6) is 0.251. The topological polar surface area (TPSA) is 50.2 Å². The molecule has 0 saturated carbocycles. The Labute approximate surface area is 154 Å². The van der Waals surface area contributed by atoms with Crippen LogP contribution in [-0.2, 0) is 24.8 Å². The molecule has 2 heterocycles. The SMILES string of the molecule is Cc1nn(C)cc1CN1CCC(C(=O)NCCc2ccc(Cl)cc2)C1. The standard InChI is InChI=1S/C19H25ClN4O/c1-14-17(11-23(2)22-14)13-24-10-8-16(12-24)19(25)21-9-7-15-3-5-18(20)6-4-15/h3-6,11,16H,7-10,12-13H2,1-2H3,(H,21,25). The first kappa shape index (κ1) is 18.0. The van der Waals surface area contributed by atoms with E-state index in [0.29, 0.717) is 6.54 Å². The number of hydrogen-bond acceptors (Lipinski definition) is 3. The summed E-state index contributed by atoms with van der Waals surface area (Å²) in [4.78, 5) is 14.7. The number of hydrogen-bond donors (Lipinski definition) is 1. The highest BCUT2D eigenvalue weighted by molar-refractivity contribution is 6.30. The Morgan fingerprint density at radius 3 is 2.80 bits per heavy atom. The number of carbonyl (C=O) groups excluding carboxylic acids is 1. The molecule has 6 heteroatoms. The molecule has 134 valence electrons. The third kappa shape index (κ3) is 4.83. The predicted molar refractivity (Wildman–Crippen MR) is 99.5 cm³/mol. The van der Waals surface area contributed by atoms with E-state index in [4.69, 9.17) is 11.6 Å². The van der Waals surface area contributed by atoms with Gasteiger partial charge in [-0.3, -0.25) is 14.4 Å². The van der Waals surface area contributed by atoms with E-state index in [1.165, 1.54) is 11.1 Å². The van der Waals surface area contributed by atoms with Crippen molar-refractivity contribution in [1.82, 2.24) is 20.0 Å². The van der Waals surface area contributed by atoms with E-state index in [0.717, 1.165) is 43.2 Å². The molecular weight excluding hydrogens is 336 g/mol. The third-order valence-electron chi connectivity index (χ3n) is 4.78. The number of nitrogens with one attached hydrogen (secondary N) is 1. The fraction of sp³-hybridized carbons (Fsp3) is 0.474. The molecule has 1 amide bonds. The highest BCUT2D eigenvalue weighted by Crippen LogP contribution is 2.20. The molecule has 1 aliphatic heterocycles. The minimum absolute atomic E-state index is 0.0854. The molecule has 1 aromatic heterocycles. The second-order valence-electron chi connectivity index (χ2n) is 6.80. The minimum atomic E-state index is 0.0854. The molecule has 3 rings (SSSR count). The molecule has 0 bridgehead atoms. The normalized spacial score (nSPS) is 17.8. The summed E-state index contributed by atoms with van der Waals surface area (Å²) >= 11 is 5.89. The maximum atomic E-state index is 12.4. The third-order valence-corrected chi connectivity index (χ3v) is 5.03. The van der Waals surface area contributed by atoms with Gasteiger partial charge in [0.05, 0.1) is 11.6 Å². The lowest BCUT2D eigenvalue weighted by Gasteiger charge is -2.15. The lowest BCUT2D eigenvalue weighted by Crippen LogP contribution is -2.34. The molecule has 25 heavy (non-hydrogen) atoms. The summed E-state index contributed by atoms with van der Waals surface area (Å²) in [6.45, 7) is 5.35. The lowest BCUT2D eigenvalue weighted by atomic mass is 10.1. The fourth-order valence-corrected chi connectivity index (χ4v) is 3.49. The maximum absolute atomic E-state index is 12.4. The van der Waals surface area contributed by atoms with Crippen LogP contribution >= 0.6 is 11.6 Å². The van der Waals surface area contributed by atoms with Gasteiger partial charge in [-0.25, -0.2) is 0 Å². The van der Waals surface area contributed by atoms with Crippen LogP contribution in [0.25, 0.3) is 0 Å². The Kier molecular flexibility index (Phi) is 5.76. The van der Waals surface area contributed by atoms with Gasteiger partial charge in [0.15, 0.2) is 0 Å². The Morgan fingerprint density at radius 2 is 2.12 bits per heavy atom. The first-order chi connectivity index (χ1) is 12.0. The Morgan fingerprint density at radius 1 is 1.36 bits per heavy atom. The number of amides is 1. The molecule has 5 nitrogen and oxygen atoms in total. The van der Waals surface area contributed by atoms with Crippen LogP contribution in [0.1, 0.15) is 23.2 Å². The van der Waals surface area contributed by atoms with Crippen molar-refractivity contribution in [1.29, 1.82) is 0 Å². The monoisotopic (exact) mass is 360 g/mol. The van der Waals surface area contributed by atoms with E-state index in [1.54, 1.807) is 0 Å². The minimum Gasteiger partial charge on any atom is -0.355 e. The van der Waals surface area contributed by atoms with Crippen molar-refractivity contribution < 1.29 is 4.79 Å². The smallest absolute Gasteiger partial charge is 0.224 e. The fourth-order valence-electron chi connectivity index (χ4n) is 3.36. The van der Waals surface area contributed by atoms with Gasteiger partial charge in [-0.15, -0.1) is 0 Å². The number of aromatic nitrogens is 2. The molecular formula is C19H25ClN4O. The molecule has 1 saturated heterocycles. The number of nitrogens with zero attached hydrogens (tertiary/aromatic N) is 3. The molecule has 0 radical (unpaired) electrons. The largest absolute Gasteiger partial charge is 0.355 e. The van der Waals surface area contributed by atoms with Crippen molar-refractivity contribution >= 4 is 17.5 Å². The molecule has 0 spiro atoms. The van der Waals surface area contributed by atoms with E-state index >= 15 is 0 Å². The van der Waals surface area contributed by atoms with Gasteiger partial charge in [0, 0.05) is 43.5 Å². The van der Waals surface area contributed by atoms with Gasteiger partial charge in [0.25, 0.3) is 0 Å². The van der Waals surface area contributed by atoms with Crippen LogP contribution in [0.3, 0.4) is 0 Å². The maximum Gasteiger partial charge on any atom is 0.224 e. The molecule has 1 fully saturated rings. The van der Waals surface area contributed by atoms with Crippen LogP contribution in [0.2, 0.25) is 5.02 Å². The highest BCUT2D eigenvalue weighted by Gasteiger charge is 2.28. The average molecular weight is 361 g/mol. The van der Waals surface area contributed by atoms with Crippen LogP contribution in [-0.4, -0.2) is 40.2 Å². The van der Waals surface area contributed by atoms with Gasteiger partial charge in [0.2, 0.25) is 5.91 Å². The summed E-state index contributed by atoms with van der Waals surface area (Å²) in [6, 6.07) is 7.77. The second kappa shape index (κ2) is 8.02. The summed E-state index contributed by atoms with van der Waals surface area (Å²) in [5, 5.41) is 8.20. The summed E-state index contributed by atoms with van der Waals surface area (Å²) in [7, 11) is 1.94. The molecule has 0 aliphatic carbocycles. The van der Waals surface area contributed by atoms with Crippen molar-refractivity contribution in [2.45, 2.75) is 26.3 Å².